The summed E-state index contributed by atoms with van der Waals surface area (Å²) in [7, 11) is -4.63. The Balaban J connectivity index is 0.730. The molecule has 5 aromatic rings. The Kier molecular flexibility index (Phi) is 11.5. The van der Waals surface area contributed by atoms with E-state index in [1.807, 2.05) is 41.1 Å². The van der Waals surface area contributed by atoms with Crippen LogP contribution in [0.2, 0.25) is 0 Å². The second kappa shape index (κ2) is 17.4. The largest absolute Gasteiger partial charge is 0.372 e. The highest BCUT2D eigenvalue weighted by Gasteiger charge is 2.44. The molecule has 67 heavy (non-hydrogen) atoms. The maximum Gasteiger partial charge on any atom is 0.301 e. The lowest BCUT2D eigenvalue weighted by molar-refractivity contribution is -0.136. The van der Waals surface area contributed by atoms with Crippen molar-refractivity contribution in [1.29, 1.82) is 0 Å². The van der Waals surface area contributed by atoms with E-state index < -0.39 is 76.3 Å². The fraction of sp³-hybridized carbons (Fsp3) is 0.383. The van der Waals surface area contributed by atoms with E-state index in [2.05, 4.69) is 36.1 Å². The van der Waals surface area contributed by atoms with Crippen LogP contribution in [0.15, 0.2) is 73.1 Å². The summed E-state index contributed by atoms with van der Waals surface area (Å²) in [5.41, 5.74) is 3.53. The summed E-state index contributed by atoms with van der Waals surface area (Å²) in [6.07, 6.45) is 4.85. The molecule has 0 aliphatic carbocycles. The van der Waals surface area contributed by atoms with E-state index in [1.165, 1.54) is 6.20 Å². The number of carbonyl (C=O) groups is 4. The van der Waals surface area contributed by atoms with E-state index in [1.54, 1.807) is 17.2 Å². The van der Waals surface area contributed by atoms with Crippen molar-refractivity contribution in [3.05, 3.63) is 107 Å². The van der Waals surface area contributed by atoms with Crippen LogP contribution in [-0.4, -0.2) is 127 Å². The van der Waals surface area contributed by atoms with Gasteiger partial charge < -0.3 is 19.7 Å². The summed E-state index contributed by atoms with van der Waals surface area (Å²) < 4.78 is 86.3. The number of hydrogen-bond donors (Lipinski definition) is 3. The smallest absolute Gasteiger partial charge is 0.301 e. The van der Waals surface area contributed by atoms with Gasteiger partial charge in [0.25, 0.3) is 11.8 Å². The minimum absolute atomic E-state index is 0.0953. The molecule has 4 fully saturated rings. The number of piperazine rings is 1. The van der Waals surface area contributed by atoms with E-state index in [-0.39, 0.29) is 23.8 Å². The second-order valence-electron chi connectivity index (χ2n) is 18.0. The van der Waals surface area contributed by atoms with Crippen molar-refractivity contribution in [3.63, 3.8) is 0 Å². The van der Waals surface area contributed by atoms with Crippen LogP contribution in [0.1, 0.15) is 63.9 Å². The molecule has 0 radical (unpaired) electrons. The maximum atomic E-state index is 15.8. The van der Waals surface area contributed by atoms with Crippen molar-refractivity contribution in [3.8, 4) is 11.1 Å². The first-order valence-electron chi connectivity index (χ1n) is 22.4. The van der Waals surface area contributed by atoms with Gasteiger partial charge in [-0.05, 0) is 84.8 Å². The van der Waals surface area contributed by atoms with E-state index >= 15 is 8.78 Å². The quantitative estimate of drug-likeness (QED) is 0.0869. The Hall–Kier alpha value is -6.38. The number of amides is 3. The van der Waals surface area contributed by atoms with Gasteiger partial charge in [-0.1, -0.05) is 12.1 Å². The molecule has 3 amide bonds. The van der Waals surface area contributed by atoms with Gasteiger partial charge in [-0.3, -0.25) is 34.1 Å². The van der Waals surface area contributed by atoms with E-state index in [4.69, 9.17) is 0 Å². The number of aromatic amines is 1. The average molecular weight is 942 g/mol. The van der Waals surface area contributed by atoms with Gasteiger partial charge in [0.05, 0.1) is 17.8 Å². The molecule has 1 unspecified atom stereocenters. The number of halogens is 4. The minimum Gasteiger partial charge on any atom is -0.372 e. The number of imide groups is 1. The molecular formula is C47H47F4N9O6S. The number of fused-ring (bicyclic) bond motifs is 2. The molecule has 0 bridgehead atoms. The third-order valence-corrected chi connectivity index (χ3v) is 15.2. The van der Waals surface area contributed by atoms with Crippen molar-refractivity contribution < 1.29 is 45.2 Å². The number of hydrogen-bond acceptors (Lipinski definition) is 10. The highest BCUT2D eigenvalue weighted by molar-refractivity contribution is 7.90. The summed E-state index contributed by atoms with van der Waals surface area (Å²) in [5, 5.41) is 2.65. The van der Waals surface area contributed by atoms with Gasteiger partial charge in [0, 0.05) is 118 Å². The zero-order valence-electron chi connectivity index (χ0n) is 36.2. The molecule has 1 atom stereocenters. The van der Waals surface area contributed by atoms with Crippen molar-refractivity contribution in [2.45, 2.75) is 50.6 Å². The molecule has 0 spiro atoms. The Bertz CT molecular complexity index is 2920. The van der Waals surface area contributed by atoms with Crippen molar-refractivity contribution in [2.24, 2.45) is 5.92 Å². The Morgan fingerprint density at radius 2 is 1.58 bits per heavy atom. The topological polar surface area (TPSA) is 171 Å². The van der Waals surface area contributed by atoms with Gasteiger partial charge in [-0.25, -0.2) is 22.5 Å². The Morgan fingerprint density at radius 3 is 2.30 bits per heavy atom. The molecular weight excluding hydrogens is 895 g/mol. The van der Waals surface area contributed by atoms with Crippen molar-refractivity contribution in [1.82, 2.24) is 29.4 Å². The number of anilines is 3. The number of benzene rings is 3. The third-order valence-electron chi connectivity index (χ3n) is 13.7. The highest BCUT2D eigenvalue weighted by atomic mass is 32.2. The lowest BCUT2D eigenvalue weighted by atomic mass is 9.95. The monoisotopic (exact) mass is 941 g/mol. The van der Waals surface area contributed by atoms with Gasteiger partial charge in [0.15, 0.2) is 5.82 Å². The van der Waals surface area contributed by atoms with Crippen LogP contribution in [0.3, 0.4) is 0 Å². The van der Waals surface area contributed by atoms with Crippen LogP contribution in [0, 0.1) is 17.6 Å². The number of H-pyrrole nitrogens is 1. The molecule has 7 heterocycles. The first-order chi connectivity index (χ1) is 32.1. The average Bonchev–Trinajstić information content (AvgIpc) is 4.02. The number of nitrogens with zero attached hydrogens (tertiary/aromatic N) is 6. The number of carbonyl (C=O) groups excluding carboxylic acids is 4. The molecule has 5 aliphatic rings. The molecule has 10 rings (SSSR count). The normalized spacial score (nSPS) is 20.7. The molecule has 5 aliphatic heterocycles. The number of ketones is 1. The van der Waals surface area contributed by atoms with Crippen LogP contribution in [0.4, 0.5) is 34.6 Å². The Morgan fingerprint density at radius 1 is 0.851 bits per heavy atom. The van der Waals surface area contributed by atoms with E-state index in [0.29, 0.717) is 45.3 Å². The van der Waals surface area contributed by atoms with Crippen molar-refractivity contribution in [2.75, 3.05) is 73.4 Å². The van der Waals surface area contributed by atoms with Crippen molar-refractivity contribution >= 4 is 61.8 Å². The molecule has 3 aromatic carbocycles. The van der Waals surface area contributed by atoms with Gasteiger partial charge in [0.1, 0.15) is 17.5 Å². The zero-order chi connectivity index (χ0) is 46.8. The van der Waals surface area contributed by atoms with Gasteiger partial charge in [-0.2, -0.15) is 12.7 Å². The molecule has 15 nitrogen and oxygen atoms in total. The second-order valence-corrected chi connectivity index (χ2v) is 19.7. The van der Waals surface area contributed by atoms with Crippen LogP contribution in [0.25, 0.3) is 22.2 Å². The van der Waals surface area contributed by atoms with E-state index in [9.17, 15) is 36.4 Å². The predicted molar refractivity (Wildman–Crippen MR) is 241 cm³/mol. The van der Waals surface area contributed by atoms with Crippen LogP contribution in [-0.2, 0) is 26.3 Å². The molecule has 350 valence electrons. The lowest BCUT2D eigenvalue weighted by Crippen LogP contribution is -2.52. The lowest BCUT2D eigenvalue weighted by Gasteiger charge is -2.40. The summed E-state index contributed by atoms with van der Waals surface area (Å²) >= 11 is 0. The summed E-state index contributed by atoms with van der Waals surface area (Å²) in [6.45, 7) is 5.18. The first kappa shape index (κ1) is 44.5. The minimum atomic E-state index is -4.63. The predicted octanol–water partition coefficient (Wildman–Crippen LogP) is 5.54. The van der Waals surface area contributed by atoms with E-state index in [0.717, 1.165) is 93.3 Å². The summed E-state index contributed by atoms with van der Waals surface area (Å²) in [4.78, 5) is 67.1. The molecule has 0 saturated carbocycles. The molecule has 20 heteroatoms. The van der Waals surface area contributed by atoms with Gasteiger partial charge >= 0.3 is 10.2 Å². The fourth-order valence-corrected chi connectivity index (χ4v) is 11.2. The number of aromatic nitrogens is 2. The van der Waals surface area contributed by atoms with Crippen LogP contribution in [0.5, 0.6) is 0 Å². The maximum absolute atomic E-state index is 15.8. The van der Waals surface area contributed by atoms with Gasteiger partial charge in [0.2, 0.25) is 17.6 Å². The fourth-order valence-electron chi connectivity index (χ4n) is 9.99. The first-order valence-corrected chi connectivity index (χ1v) is 23.8. The zero-order valence-corrected chi connectivity index (χ0v) is 37.1. The summed E-state index contributed by atoms with van der Waals surface area (Å²) in [6, 6.07) is 16.5. The number of rotatable bonds is 11. The van der Waals surface area contributed by atoms with Gasteiger partial charge in [-0.15, -0.1) is 0 Å². The highest BCUT2D eigenvalue weighted by Crippen LogP contribution is 2.35. The summed E-state index contributed by atoms with van der Waals surface area (Å²) in [5.74, 6) is -7.34. The van der Waals surface area contributed by atoms with Crippen LogP contribution < -0.4 is 19.8 Å². The number of piperidine rings is 2. The number of nitrogens with one attached hydrogen (secondary N) is 3. The standard InChI is InChI=1S/C47H47F4N9O6S/c48-37-7-8-38(55-67(65,66)59-16-13-47(50,51)27-59)42(49)41(37)43(62)36-24-53-44-35(36)22-30(23-52-44)29-1-3-32(4-2-29)57-14-11-28(12-15-57)25-56-17-19-58(20-18-56)33-5-6-34-31(21-33)26-60(46(34)64)39-9-10-40(61)54-45(39)63/h1-8,21-24,28,39,55H,9-20,25-27H2,(H,52,53)(H,54,61,63). The SMILES string of the molecule is O=C1CCC(N2Cc3cc(N4CCN(CC5CCN(c6ccc(-c7cnc8[nH]cc(C(=O)c9c(F)ccc(NS(=O)(=O)N%10CCC(F)(F)C%10)c9F)c8c7)cc6)CC5)CC4)ccc3C2=O)C(=O)N1. The number of pyridine rings is 1. The molecule has 3 N–H and O–H groups in total. The Labute approximate surface area is 383 Å². The molecule has 2 aromatic heterocycles. The number of alkyl halides is 2. The third kappa shape index (κ3) is 8.73. The van der Waals surface area contributed by atoms with Crippen LogP contribution >= 0.6 is 0 Å². The molecule has 4 saturated heterocycles.